The highest BCUT2D eigenvalue weighted by Crippen LogP contribution is 2.36. The summed E-state index contributed by atoms with van der Waals surface area (Å²) < 4.78 is 5.59. The number of benzene rings is 1. The molecule has 1 aliphatic heterocycles. The number of carbonyl (C=O) groups is 2. The third-order valence-electron chi connectivity index (χ3n) is 3.70. The van der Waals surface area contributed by atoms with E-state index in [9.17, 15) is 14.7 Å². The minimum atomic E-state index is -0.906. The largest absolute Gasteiger partial charge is 0.504 e. The predicted octanol–water partition coefficient (Wildman–Crippen LogP) is 3.20. The summed E-state index contributed by atoms with van der Waals surface area (Å²) in [5, 5.41) is 18.9. The van der Waals surface area contributed by atoms with Crippen molar-refractivity contribution in [1.29, 1.82) is 0 Å². The Hall–Kier alpha value is -2.32. The Kier molecular flexibility index (Phi) is 6.82. The molecular weight excluding hydrogens is 374 g/mol. The number of hydrogen-bond donors (Lipinski definition) is 2. The van der Waals surface area contributed by atoms with Gasteiger partial charge in [-0.3, -0.25) is 14.5 Å². The van der Waals surface area contributed by atoms with Crippen LogP contribution < -0.4 is 4.74 Å². The lowest BCUT2D eigenvalue weighted by Gasteiger charge is -2.13. The fourth-order valence-electron chi connectivity index (χ4n) is 2.47. The Morgan fingerprint density at radius 1 is 1.46 bits per heavy atom. The van der Waals surface area contributed by atoms with Crippen LogP contribution in [0.1, 0.15) is 24.0 Å². The first-order valence-electron chi connectivity index (χ1n) is 7.85. The summed E-state index contributed by atoms with van der Waals surface area (Å²) in [6.07, 6.45) is 4.13. The number of nitrogens with zero attached hydrogens (tertiary/aromatic N) is 1. The summed E-state index contributed by atoms with van der Waals surface area (Å²) in [7, 11) is 1.46. The van der Waals surface area contributed by atoms with E-state index in [1.54, 1.807) is 24.3 Å². The fraction of sp³-hybridized carbons (Fsp3) is 0.278. The van der Waals surface area contributed by atoms with Crippen molar-refractivity contribution >= 4 is 46.3 Å². The SMILES string of the molecule is C=CCc1cc(/C=C2\SC(=S)N(CCCC(=O)O)C2=O)cc(OC)c1O. The van der Waals surface area contributed by atoms with Crippen LogP contribution in [0.3, 0.4) is 0 Å². The molecule has 0 spiro atoms. The Bertz CT molecular complexity index is 788. The van der Waals surface area contributed by atoms with Crippen LogP contribution in [0.2, 0.25) is 0 Å². The molecule has 1 amide bonds. The fourth-order valence-corrected chi connectivity index (χ4v) is 3.78. The molecule has 2 N–H and O–H groups in total. The number of rotatable bonds is 8. The van der Waals surface area contributed by atoms with Crippen LogP contribution in [0.4, 0.5) is 0 Å². The normalized spacial score (nSPS) is 15.6. The Morgan fingerprint density at radius 3 is 2.81 bits per heavy atom. The molecule has 26 heavy (non-hydrogen) atoms. The predicted molar refractivity (Wildman–Crippen MR) is 105 cm³/mol. The van der Waals surface area contributed by atoms with Gasteiger partial charge in [0, 0.05) is 18.5 Å². The summed E-state index contributed by atoms with van der Waals surface area (Å²) in [4.78, 5) is 25.0. The molecule has 1 aliphatic rings. The maximum Gasteiger partial charge on any atom is 0.303 e. The molecule has 0 bridgehead atoms. The number of amides is 1. The van der Waals surface area contributed by atoms with Gasteiger partial charge >= 0.3 is 5.97 Å². The molecule has 1 fully saturated rings. The average Bonchev–Trinajstić information content (AvgIpc) is 2.84. The van der Waals surface area contributed by atoms with Gasteiger partial charge in [0.05, 0.1) is 12.0 Å². The first kappa shape index (κ1) is 20.0. The molecule has 2 rings (SSSR count). The average molecular weight is 393 g/mol. The smallest absolute Gasteiger partial charge is 0.303 e. The maximum atomic E-state index is 12.5. The van der Waals surface area contributed by atoms with Crippen LogP contribution in [0.25, 0.3) is 6.08 Å². The molecule has 0 saturated carbocycles. The summed E-state index contributed by atoms with van der Waals surface area (Å²) in [5.74, 6) is -0.794. The van der Waals surface area contributed by atoms with Gasteiger partial charge < -0.3 is 14.9 Å². The number of aromatic hydroxyl groups is 1. The van der Waals surface area contributed by atoms with E-state index in [0.29, 0.717) is 38.9 Å². The zero-order chi connectivity index (χ0) is 19.3. The lowest BCUT2D eigenvalue weighted by atomic mass is 10.1. The van der Waals surface area contributed by atoms with E-state index >= 15 is 0 Å². The second-order valence-corrected chi connectivity index (χ2v) is 7.23. The minimum absolute atomic E-state index is 0.0177. The number of carbonyl (C=O) groups excluding carboxylic acids is 1. The molecule has 1 aromatic rings. The van der Waals surface area contributed by atoms with Crippen LogP contribution in [-0.4, -0.2) is 45.0 Å². The van der Waals surface area contributed by atoms with Crippen molar-refractivity contribution in [2.24, 2.45) is 0 Å². The van der Waals surface area contributed by atoms with Crippen LogP contribution in [0.15, 0.2) is 29.7 Å². The van der Waals surface area contributed by atoms with Crippen molar-refractivity contribution in [3.8, 4) is 11.5 Å². The van der Waals surface area contributed by atoms with E-state index in [1.807, 2.05) is 0 Å². The second kappa shape index (κ2) is 8.86. The number of thioether (sulfide) groups is 1. The number of ether oxygens (including phenoxy) is 1. The number of allylic oxidation sites excluding steroid dienone is 1. The van der Waals surface area contributed by atoms with E-state index < -0.39 is 5.97 Å². The monoisotopic (exact) mass is 393 g/mol. The topological polar surface area (TPSA) is 87.1 Å². The highest BCUT2D eigenvalue weighted by Gasteiger charge is 2.31. The number of phenolic OH excluding ortho intramolecular Hbond substituents is 1. The van der Waals surface area contributed by atoms with Gasteiger partial charge in [-0.25, -0.2) is 0 Å². The number of methoxy groups -OCH3 is 1. The molecule has 6 nitrogen and oxygen atoms in total. The highest BCUT2D eigenvalue weighted by atomic mass is 32.2. The second-order valence-electron chi connectivity index (χ2n) is 5.55. The molecule has 1 saturated heterocycles. The Morgan fingerprint density at radius 2 is 2.19 bits per heavy atom. The molecule has 0 aliphatic carbocycles. The number of hydrogen-bond acceptors (Lipinski definition) is 6. The molecule has 0 atom stereocenters. The first-order chi connectivity index (χ1) is 12.4. The van der Waals surface area contributed by atoms with Crippen molar-refractivity contribution in [3.63, 3.8) is 0 Å². The molecule has 8 heteroatoms. The van der Waals surface area contributed by atoms with E-state index in [1.165, 1.54) is 23.8 Å². The van der Waals surface area contributed by atoms with Crippen LogP contribution >= 0.6 is 24.0 Å². The maximum absolute atomic E-state index is 12.5. The molecule has 138 valence electrons. The summed E-state index contributed by atoms with van der Waals surface area (Å²) >= 11 is 6.40. The van der Waals surface area contributed by atoms with E-state index in [-0.39, 0.29) is 24.6 Å². The first-order valence-corrected chi connectivity index (χ1v) is 9.07. The van der Waals surface area contributed by atoms with Gasteiger partial charge in [0.15, 0.2) is 11.5 Å². The lowest BCUT2D eigenvalue weighted by Crippen LogP contribution is -2.29. The van der Waals surface area contributed by atoms with Gasteiger partial charge in [-0.05, 0) is 36.6 Å². The zero-order valence-corrected chi connectivity index (χ0v) is 15.9. The Balaban J connectivity index is 2.25. The minimum Gasteiger partial charge on any atom is -0.504 e. The molecule has 0 unspecified atom stereocenters. The van der Waals surface area contributed by atoms with E-state index in [4.69, 9.17) is 22.1 Å². The van der Waals surface area contributed by atoms with Gasteiger partial charge in [0.1, 0.15) is 4.32 Å². The van der Waals surface area contributed by atoms with Crippen molar-refractivity contribution in [2.75, 3.05) is 13.7 Å². The number of carboxylic acid groups (broad SMARTS) is 1. The third-order valence-corrected chi connectivity index (χ3v) is 5.08. The number of aliphatic carboxylic acids is 1. The molecule has 0 aromatic heterocycles. The third kappa shape index (κ3) is 4.64. The lowest BCUT2D eigenvalue weighted by molar-refractivity contribution is -0.137. The van der Waals surface area contributed by atoms with Gasteiger partial charge in [-0.15, -0.1) is 6.58 Å². The van der Waals surface area contributed by atoms with E-state index in [2.05, 4.69) is 6.58 Å². The van der Waals surface area contributed by atoms with Gasteiger partial charge in [-0.1, -0.05) is 30.1 Å². The van der Waals surface area contributed by atoms with Gasteiger partial charge in [0.2, 0.25) is 0 Å². The Labute approximate surface area is 161 Å². The summed E-state index contributed by atoms with van der Waals surface area (Å²) in [6.45, 7) is 3.94. The van der Waals surface area contributed by atoms with Crippen molar-refractivity contribution < 1.29 is 24.5 Å². The number of thiocarbonyl (C=S) groups is 1. The summed E-state index contributed by atoms with van der Waals surface area (Å²) in [6, 6.07) is 3.40. The summed E-state index contributed by atoms with van der Waals surface area (Å²) in [5.41, 5.74) is 1.34. The zero-order valence-electron chi connectivity index (χ0n) is 14.2. The van der Waals surface area contributed by atoms with Crippen LogP contribution in [0, 0.1) is 0 Å². The molecular formula is C18H19NO5S2. The molecule has 1 aromatic carbocycles. The highest BCUT2D eigenvalue weighted by molar-refractivity contribution is 8.26. The molecule has 1 heterocycles. The van der Waals surface area contributed by atoms with E-state index in [0.717, 1.165) is 0 Å². The van der Waals surface area contributed by atoms with Gasteiger partial charge in [0.25, 0.3) is 5.91 Å². The van der Waals surface area contributed by atoms with Crippen LogP contribution in [-0.2, 0) is 16.0 Å². The van der Waals surface area contributed by atoms with Crippen molar-refractivity contribution in [2.45, 2.75) is 19.3 Å². The quantitative estimate of drug-likeness (QED) is 0.398. The van der Waals surface area contributed by atoms with Gasteiger partial charge in [-0.2, -0.15) is 0 Å². The van der Waals surface area contributed by atoms with Crippen molar-refractivity contribution in [3.05, 3.63) is 40.8 Å². The standard InChI is InChI=1S/C18H19NO5S2/c1-3-5-12-8-11(9-13(24-2)16(12)22)10-14-17(23)19(18(25)26-14)7-4-6-15(20)21/h3,8-10,22H,1,4-7H2,2H3,(H,20,21)/b14-10-. The molecule has 0 radical (unpaired) electrons. The number of carboxylic acids is 1. The number of phenols is 1. The van der Waals surface area contributed by atoms with Crippen molar-refractivity contribution in [1.82, 2.24) is 4.90 Å². The van der Waals surface area contributed by atoms with Crippen LogP contribution in [0.5, 0.6) is 11.5 Å².